The molecular weight excluding hydrogens is 191 g/mol. The number of rotatable bonds is 1. The summed E-state index contributed by atoms with van der Waals surface area (Å²) in [7, 11) is 0. The molecule has 0 radical (unpaired) electrons. The fraction of sp³-hybridized carbons (Fsp3) is 0.462. The minimum Gasteiger partial charge on any atom is -0.299 e. The first-order valence-electron chi connectivity index (χ1n) is 5.38. The Labute approximate surface area is 89.3 Å². The predicted octanol–water partition coefficient (Wildman–Crippen LogP) is 3.22. The molecule has 1 fully saturated rings. The van der Waals surface area contributed by atoms with Gasteiger partial charge >= 0.3 is 0 Å². The molecule has 0 aliphatic heterocycles. The fourth-order valence-electron chi connectivity index (χ4n) is 2.29. The van der Waals surface area contributed by atoms with Crippen LogP contribution in [0.4, 0.5) is 4.39 Å². The molecule has 0 N–H and O–H groups in total. The van der Waals surface area contributed by atoms with Gasteiger partial charge in [-0.2, -0.15) is 0 Å². The van der Waals surface area contributed by atoms with Gasteiger partial charge in [-0.1, -0.05) is 19.1 Å². The van der Waals surface area contributed by atoms with E-state index < -0.39 is 0 Å². The van der Waals surface area contributed by atoms with Crippen LogP contribution in [0.3, 0.4) is 0 Å². The van der Waals surface area contributed by atoms with Gasteiger partial charge in [-0.3, -0.25) is 4.79 Å². The molecule has 0 aromatic heterocycles. The SMILES string of the molecule is Cc1ccc(C2CCC(=O)C2C)cc1F. The Bertz CT molecular complexity index is 398. The van der Waals surface area contributed by atoms with Crippen LogP contribution in [0.1, 0.15) is 36.8 Å². The Morgan fingerprint density at radius 2 is 2.13 bits per heavy atom. The number of aryl methyl sites for hydroxylation is 1. The zero-order valence-corrected chi connectivity index (χ0v) is 9.09. The number of ketones is 1. The molecule has 0 spiro atoms. The monoisotopic (exact) mass is 206 g/mol. The summed E-state index contributed by atoms with van der Waals surface area (Å²) in [4.78, 5) is 11.4. The predicted molar refractivity (Wildman–Crippen MR) is 57.3 cm³/mol. The lowest BCUT2D eigenvalue weighted by Crippen LogP contribution is -2.09. The van der Waals surface area contributed by atoms with Crippen molar-refractivity contribution in [1.82, 2.24) is 0 Å². The van der Waals surface area contributed by atoms with Gasteiger partial charge in [0, 0.05) is 12.3 Å². The summed E-state index contributed by atoms with van der Waals surface area (Å²) in [5, 5.41) is 0. The molecule has 1 saturated carbocycles. The van der Waals surface area contributed by atoms with Crippen LogP contribution >= 0.6 is 0 Å². The molecule has 0 heterocycles. The highest BCUT2D eigenvalue weighted by atomic mass is 19.1. The van der Waals surface area contributed by atoms with Gasteiger partial charge < -0.3 is 0 Å². The van der Waals surface area contributed by atoms with Gasteiger partial charge in [-0.15, -0.1) is 0 Å². The van der Waals surface area contributed by atoms with Crippen LogP contribution in [0.5, 0.6) is 0 Å². The summed E-state index contributed by atoms with van der Waals surface area (Å²) >= 11 is 0. The van der Waals surface area contributed by atoms with Crippen molar-refractivity contribution < 1.29 is 9.18 Å². The van der Waals surface area contributed by atoms with Crippen molar-refractivity contribution in [3.8, 4) is 0 Å². The molecule has 1 aromatic carbocycles. The van der Waals surface area contributed by atoms with E-state index >= 15 is 0 Å². The van der Waals surface area contributed by atoms with Crippen LogP contribution in [-0.4, -0.2) is 5.78 Å². The molecule has 0 saturated heterocycles. The highest BCUT2D eigenvalue weighted by Crippen LogP contribution is 2.37. The lowest BCUT2D eigenvalue weighted by molar-refractivity contribution is -0.120. The molecule has 1 aliphatic carbocycles. The standard InChI is InChI=1S/C13H15FO/c1-8-3-4-10(7-12(8)14)11-5-6-13(15)9(11)2/h3-4,7,9,11H,5-6H2,1-2H3. The highest BCUT2D eigenvalue weighted by Gasteiger charge is 2.31. The molecule has 1 nitrogen and oxygen atoms in total. The second-order valence-electron chi connectivity index (χ2n) is 4.41. The number of carbonyl (C=O) groups is 1. The van der Waals surface area contributed by atoms with E-state index in [1.165, 1.54) is 0 Å². The number of hydrogen-bond acceptors (Lipinski definition) is 1. The largest absolute Gasteiger partial charge is 0.299 e. The Hall–Kier alpha value is -1.18. The summed E-state index contributed by atoms with van der Waals surface area (Å²) < 4.78 is 13.4. The maximum Gasteiger partial charge on any atom is 0.136 e. The van der Waals surface area contributed by atoms with Gasteiger partial charge in [0.1, 0.15) is 11.6 Å². The van der Waals surface area contributed by atoms with Crippen molar-refractivity contribution in [1.29, 1.82) is 0 Å². The summed E-state index contributed by atoms with van der Waals surface area (Å²) in [6, 6.07) is 5.31. The Balaban J connectivity index is 2.30. The number of benzene rings is 1. The summed E-state index contributed by atoms with van der Waals surface area (Å²) in [5.74, 6) is 0.403. The first-order chi connectivity index (χ1) is 7.09. The van der Waals surface area contributed by atoms with E-state index in [0.717, 1.165) is 12.0 Å². The zero-order chi connectivity index (χ0) is 11.0. The Morgan fingerprint density at radius 1 is 1.40 bits per heavy atom. The average molecular weight is 206 g/mol. The molecule has 0 bridgehead atoms. The Kier molecular flexibility index (Phi) is 2.59. The smallest absolute Gasteiger partial charge is 0.136 e. The van der Waals surface area contributed by atoms with E-state index in [-0.39, 0.29) is 17.7 Å². The number of Topliss-reactive ketones (excluding diaryl/α,β-unsaturated/α-hetero) is 1. The van der Waals surface area contributed by atoms with Crippen molar-refractivity contribution in [2.75, 3.05) is 0 Å². The van der Waals surface area contributed by atoms with E-state index in [9.17, 15) is 9.18 Å². The molecule has 0 amide bonds. The first-order valence-corrected chi connectivity index (χ1v) is 5.38. The quantitative estimate of drug-likeness (QED) is 0.689. The van der Waals surface area contributed by atoms with Crippen molar-refractivity contribution in [3.63, 3.8) is 0 Å². The minimum absolute atomic E-state index is 0.0482. The molecule has 2 atom stereocenters. The minimum atomic E-state index is -0.168. The Morgan fingerprint density at radius 3 is 2.67 bits per heavy atom. The lowest BCUT2D eigenvalue weighted by atomic mass is 9.89. The summed E-state index contributed by atoms with van der Waals surface area (Å²) in [6.45, 7) is 3.69. The van der Waals surface area contributed by atoms with Gasteiger partial charge in [0.25, 0.3) is 0 Å². The second kappa shape index (κ2) is 3.76. The normalized spacial score (nSPS) is 25.9. The fourth-order valence-corrected chi connectivity index (χ4v) is 2.29. The van der Waals surface area contributed by atoms with Crippen LogP contribution in [0, 0.1) is 18.7 Å². The molecule has 15 heavy (non-hydrogen) atoms. The van der Waals surface area contributed by atoms with Crippen LogP contribution in [0.2, 0.25) is 0 Å². The number of halogens is 1. The topological polar surface area (TPSA) is 17.1 Å². The van der Waals surface area contributed by atoms with Gasteiger partial charge in [-0.25, -0.2) is 4.39 Å². The van der Waals surface area contributed by atoms with E-state index in [1.54, 1.807) is 19.1 Å². The van der Waals surface area contributed by atoms with E-state index in [1.807, 2.05) is 13.0 Å². The molecule has 1 aromatic rings. The van der Waals surface area contributed by atoms with E-state index in [4.69, 9.17) is 0 Å². The van der Waals surface area contributed by atoms with Gasteiger partial charge in [0.05, 0.1) is 0 Å². The molecular formula is C13H15FO. The van der Waals surface area contributed by atoms with Crippen molar-refractivity contribution in [2.24, 2.45) is 5.92 Å². The van der Waals surface area contributed by atoms with Gasteiger partial charge in [-0.05, 0) is 36.5 Å². The zero-order valence-electron chi connectivity index (χ0n) is 9.09. The summed E-state index contributed by atoms with van der Waals surface area (Å²) in [6.07, 6.45) is 1.50. The van der Waals surface area contributed by atoms with E-state index in [0.29, 0.717) is 17.8 Å². The third-order valence-electron chi connectivity index (χ3n) is 3.44. The van der Waals surface area contributed by atoms with Crippen LogP contribution in [0.15, 0.2) is 18.2 Å². The number of hydrogen-bond donors (Lipinski definition) is 0. The molecule has 2 unspecified atom stereocenters. The first kappa shape index (κ1) is 10.3. The van der Waals surface area contributed by atoms with Crippen LogP contribution in [0.25, 0.3) is 0 Å². The van der Waals surface area contributed by atoms with Crippen LogP contribution in [-0.2, 0) is 4.79 Å². The molecule has 80 valence electrons. The van der Waals surface area contributed by atoms with Gasteiger partial charge in [0.2, 0.25) is 0 Å². The van der Waals surface area contributed by atoms with Crippen LogP contribution < -0.4 is 0 Å². The third kappa shape index (κ3) is 1.81. The lowest BCUT2D eigenvalue weighted by Gasteiger charge is -2.14. The average Bonchev–Trinajstić information content (AvgIpc) is 2.53. The summed E-state index contributed by atoms with van der Waals surface area (Å²) in [5.41, 5.74) is 1.63. The third-order valence-corrected chi connectivity index (χ3v) is 3.44. The molecule has 1 aliphatic rings. The second-order valence-corrected chi connectivity index (χ2v) is 4.41. The highest BCUT2D eigenvalue weighted by molar-refractivity contribution is 5.84. The van der Waals surface area contributed by atoms with Crippen molar-refractivity contribution in [3.05, 3.63) is 35.1 Å². The maximum atomic E-state index is 13.4. The van der Waals surface area contributed by atoms with Crippen molar-refractivity contribution >= 4 is 5.78 Å². The molecule has 2 rings (SSSR count). The van der Waals surface area contributed by atoms with E-state index in [2.05, 4.69) is 0 Å². The number of carbonyl (C=O) groups excluding carboxylic acids is 1. The maximum absolute atomic E-state index is 13.4. The molecule has 2 heteroatoms. The van der Waals surface area contributed by atoms with Crippen molar-refractivity contribution in [2.45, 2.75) is 32.6 Å². The van der Waals surface area contributed by atoms with Gasteiger partial charge in [0.15, 0.2) is 0 Å².